The quantitative estimate of drug-likeness (QED) is 0.660. The summed E-state index contributed by atoms with van der Waals surface area (Å²) >= 11 is 0. The summed E-state index contributed by atoms with van der Waals surface area (Å²) in [6.07, 6.45) is 4.74. The Morgan fingerprint density at radius 3 is 3.00 bits per heavy atom. The van der Waals surface area contributed by atoms with Gasteiger partial charge in [0.25, 0.3) is 0 Å². The van der Waals surface area contributed by atoms with Crippen LogP contribution in [0.4, 0.5) is 0 Å². The number of nitrogens with one attached hydrogen (secondary N) is 1. The molecular weight excluding hydrogens is 218 g/mol. The highest BCUT2D eigenvalue weighted by molar-refractivity contribution is 5.79. The van der Waals surface area contributed by atoms with Gasteiger partial charge in [-0.2, -0.15) is 5.10 Å². The minimum Gasteiger partial charge on any atom is -0.503 e. The molecular formula is C12H9N3O2. The Kier molecular flexibility index (Phi) is 1.98. The third kappa shape index (κ3) is 1.57. The van der Waals surface area contributed by atoms with Crippen LogP contribution in [0, 0.1) is 0 Å². The van der Waals surface area contributed by atoms with Crippen LogP contribution in [0.25, 0.3) is 16.6 Å². The fourth-order valence-corrected chi connectivity index (χ4v) is 1.72. The lowest BCUT2D eigenvalue weighted by atomic mass is 10.2. The number of aromatic nitrogens is 3. The first-order valence-corrected chi connectivity index (χ1v) is 5.09. The molecule has 2 aromatic heterocycles. The minimum atomic E-state index is -0.385. The van der Waals surface area contributed by atoms with Crippen LogP contribution in [0.1, 0.15) is 0 Å². The zero-order chi connectivity index (χ0) is 11.8. The molecule has 3 aromatic rings. The van der Waals surface area contributed by atoms with E-state index in [0.717, 1.165) is 16.6 Å². The summed E-state index contributed by atoms with van der Waals surface area (Å²) in [7, 11) is 0. The summed E-state index contributed by atoms with van der Waals surface area (Å²) in [5, 5.41) is 17.2. The van der Waals surface area contributed by atoms with Crippen molar-refractivity contribution in [2.45, 2.75) is 0 Å². The molecule has 3 rings (SSSR count). The van der Waals surface area contributed by atoms with Crippen LogP contribution < -0.4 is 5.43 Å². The molecule has 0 aliphatic rings. The number of fused-ring (bicyclic) bond motifs is 1. The van der Waals surface area contributed by atoms with Crippen LogP contribution in [0.3, 0.4) is 0 Å². The highest BCUT2D eigenvalue weighted by atomic mass is 16.3. The van der Waals surface area contributed by atoms with Gasteiger partial charge in [0, 0.05) is 23.3 Å². The summed E-state index contributed by atoms with van der Waals surface area (Å²) in [5.74, 6) is -0.266. The van der Waals surface area contributed by atoms with Gasteiger partial charge in [0.15, 0.2) is 5.75 Å². The van der Waals surface area contributed by atoms with Gasteiger partial charge in [-0.1, -0.05) is 0 Å². The van der Waals surface area contributed by atoms with Gasteiger partial charge in [-0.05, 0) is 18.2 Å². The van der Waals surface area contributed by atoms with E-state index >= 15 is 0 Å². The maximum absolute atomic E-state index is 11.1. The molecule has 0 unspecified atom stereocenters. The molecule has 0 bridgehead atoms. The van der Waals surface area contributed by atoms with Crippen molar-refractivity contribution < 1.29 is 5.11 Å². The second-order valence-electron chi connectivity index (χ2n) is 3.74. The Hall–Kier alpha value is -2.56. The van der Waals surface area contributed by atoms with Gasteiger partial charge in [0.05, 0.1) is 17.9 Å². The normalized spacial score (nSPS) is 10.8. The lowest BCUT2D eigenvalue weighted by Gasteiger charge is -2.06. The van der Waals surface area contributed by atoms with E-state index < -0.39 is 0 Å². The number of aromatic hydroxyl groups is 1. The van der Waals surface area contributed by atoms with Gasteiger partial charge < -0.3 is 9.67 Å². The first-order valence-electron chi connectivity index (χ1n) is 5.09. The topological polar surface area (TPSA) is 70.9 Å². The van der Waals surface area contributed by atoms with E-state index in [9.17, 15) is 9.90 Å². The highest BCUT2D eigenvalue weighted by Gasteiger charge is 2.01. The first-order chi connectivity index (χ1) is 8.24. The van der Waals surface area contributed by atoms with Crippen molar-refractivity contribution >= 4 is 10.9 Å². The fraction of sp³-hybridized carbons (Fsp3) is 0. The second-order valence-corrected chi connectivity index (χ2v) is 3.74. The van der Waals surface area contributed by atoms with E-state index in [1.165, 1.54) is 12.3 Å². The predicted octanol–water partition coefficient (Wildman–Crippen LogP) is 1.42. The third-order valence-electron chi connectivity index (χ3n) is 2.62. The predicted molar refractivity (Wildman–Crippen MR) is 63.4 cm³/mol. The zero-order valence-corrected chi connectivity index (χ0v) is 8.79. The first kappa shape index (κ1) is 9.65. The molecule has 0 saturated heterocycles. The molecule has 2 N–H and O–H groups in total. The summed E-state index contributed by atoms with van der Waals surface area (Å²) in [6.45, 7) is 0. The SMILES string of the molecule is O=c1ccn(-c2ccc3cn[nH]c3c2)cc1O. The molecule has 0 atom stereocenters. The van der Waals surface area contributed by atoms with Crippen LogP contribution in [0.5, 0.6) is 5.75 Å². The maximum atomic E-state index is 11.1. The van der Waals surface area contributed by atoms with Crippen LogP contribution in [0.2, 0.25) is 0 Å². The fourth-order valence-electron chi connectivity index (χ4n) is 1.72. The van der Waals surface area contributed by atoms with Crippen LogP contribution in [-0.4, -0.2) is 19.9 Å². The smallest absolute Gasteiger partial charge is 0.223 e. The summed E-state index contributed by atoms with van der Waals surface area (Å²) in [5.41, 5.74) is 1.36. The van der Waals surface area contributed by atoms with E-state index in [0.29, 0.717) is 0 Å². The van der Waals surface area contributed by atoms with Gasteiger partial charge in [-0.3, -0.25) is 9.89 Å². The number of hydrogen-bond acceptors (Lipinski definition) is 3. The molecule has 17 heavy (non-hydrogen) atoms. The molecule has 0 saturated carbocycles. The van der Waals surface area contributed by atoms with Gasteiger partial charge in [0.2, 0.25) is 5.43 Å². The molecule has 5 nitrogen and oxygen atoms in total. The molecule has 84 valence electrons. The number of benzene rings is 1. The Morgan fingerprint density at radius 1 is 1.29 bits per heavy atom. The largest absolute Gasteiger partial charge is 0.503 e. The summed E-state index contributed by atoms with van der Waals surface area (Å²) in [4.78, 5) is 11.1. The summed E-state index contributed by atoms with van der Waals surface area (Å²) < 4.78 is 1.68. The van der Waals surface area contributed by atoms with Crippen LogP contribution >= 0.6 is 0 Å². The number of hydrogen-bond donors (Lipinski definition) is 2. The van der Waals surface area contributed by atoms with Crippen molar-refractivity contribution in [2.24, 2.45) is 0 Å². The molecule has 0 spiro atoms. The molecule has 0 aliphatic heterocycles. The number of rotatable bonds is 1. The van der Waals surface area contributed by atoms with E-state index in [1.807, 2.05) is 18.2 Å². The Balaban J connectivity index is 2.19. The average molecular weight is 227 g/mol. The Morgan fingerprint density at radius 2 is 2.18 bits per heavy atom. The average Bonchev–Trinajstić information content (AvgIpc) is 2.79. The van der Waals surface area contributed by atoms with Crippen molar-refractivity contribution in [3.8, 4) is 11.4 Å². The second kappa shape index (κ2) is 3.48. The van der Waals surface area contributed by atoms with Gasteiger partial charge >= 0.3 is 0 Å². The van der Waals surface area contributed by atoms with Crippen LogP contribution in [-0.2, 0) is 0 Å². The van der Waals surface area contributed by atoms with E-state index in [-0.39, 0.29) is 11.2 Å². The van der Waals surface area contributed by atoms with Crippen molar-refractivity contribution in [3.63, 3.8) is 0 Å². The van der Waals surface area contributed by atoms with Gasteiger partial charge in [-0.25, -0.2) is 0 Å². The lowest BCUT2D eigenvalue weighted by Crippen LogP contribution is -2.03. The van der Waals surface area contributed by atoms with Crippen LogP contribution in [0.15, 0.2) is 47.7 Å². The van der Waals surface area contributed by atoms with E-state index in [2.05, 4.69) is 10.2 Å². The van der Waals surface area contributed by atoms with Gasteiger partial charge in [0.1, 0.15) is 0 Å². The number of pyridine rings is 1. The molecule has 0 aliphatic carbocycles. The zero-order valence-electron chi connectivity index (χ0n) is 8.79. The standard InChI is InChI=1S/C12H9N3O2/c16-11-3-4-15(7-12(11)17)9-2-1-8-6-13-14-10(8)5-9/h1-7,17H,(H,13,14). The molecule has 0 fully saturated rings. The van der Waals surface area contributed by atoms with Crippen molar-refractivity contribution in [2.75, 3.05) is 0 Å². The van der Waals surface area contributed by atoms with Crippen molar-refractivity contribution in [1.29, 1.82) is 0 Å². The van der Waals surface area contributed by atoms with E-state index in [4.69, 9.17) is 0 Å². The Labute approximate surface area is 96.0 Å². The highest BCUT2D eigenvalue weighted by Crippen LogP contribution is 2.16. The maximum Gasteiger partial charge on any atom is 0.223 e. The van der Waals surface area contributed by atoms with Crippen molar-refractivity contribution in [3.05, 3.63) is 53.1 Å². The van der Waals surface area contributed by atoms with Crippen molar-refractivity contribution in [1.82, 2.24) is 14.8 Å². The molecule has 0 amide bonds. The van der Waals surface area contributed by atoms with E-state index in [1.54, 1.807) is 17.0 Å². The minimum absolute atomic E-state index is 0.266. The molecule has 5 heteroatoms. The third-order valence-corrected chi connectivity index (χ3v) is 2.62. The number of nitrogens with zero attached hydrogens (tertiary/aromatic N) is 2. The summed E-state index contributed by atoms with van der Waals surface area (Å²) in [6, 6.07) is 7.03. The molecule has 2 heterocycles. The van der Waals surface area contributed by atoms with Gasteiger partial charge in [-0.15, -0.1) is 0 Å². The number of aromatic amines is 1. The lowest BCUT2D eigenvalue weighted by molar-refractivity contribution is 0.465. The number of H-pyrrole nitrogens is 1. The monoisotopic (exact) mass is 227 g/mol. The molecule has 1 aromatic carbocycles. The molecule has 0 radical (unpaired) electrons. The Bertz CT molecular complexity index is 743.